The van der Waals surface area contributed by atoms with Crippen LogP contribution >= 0.6 is 28.3 Å². The number of nitrogens with one attached hydrogen (secondary N) is 1. The fourth-order valence-electron chi connectivity index (χ4n) is 4.41. The molecule has 1 N–H and O–H groups in total. The van der Waals surface area contributed by atoms with Gasteiger partial charge in [0.2, 0.25) is 0 Å². The lowest BCUT2D eigenvalue weighted by atomic mass is 9.64. The molecule has 0 amide bonds. The molecule has 2 aromatic rings. The van der Waals surface area contributed by atoms with E-state index < -0.39 is 0 Å². The monoisotopic (exact) mass is 395 g/mol. The van der Waals surface area contributed by atoms with Gasteiger partial charge in [0, 0.05) is 15.9 Å². The van der Waals surface area contributed by atoms with Crippen LogP contribution in [-0.4, -0.2) is 12.6 Å². The first-order valence-electron chi connectivity index (χ1n) is 7.94. The summed E-state index contributed by atoms with van der Waals surface area (Å²) in [6.45, 7) is 1.05. The maximum absolute atomic E-state index is 13.6. The largest absolute Gasteiger partial charge is 0.313 e. The summed E-state index contributed by atoms with van der Waals surface area (Å²) in [5.74, 6) is -0.136. The van der Waals surface area contributed by atoms with Crippen molar-refractivity contribution in [2.24, 2.45) is 0 Å². The quantitative estimate of drug-likeness (QED) is 0.769. The zero-order valence-electron chi connectivity index (χ0n) is 12.8. The van der Waals surface area contributed by atoms with E-state index >= 15 is 0 Å². The highest BCUT2D eigenvalue weighted by Gasteiger charge is 2.47. The Balaban J connectivity index is 0.00000156. The van der Waals surface area contributed by atoms with Crippen molar-refractivity contribution in [2.45, 2.75) is 37.1 Å². The molecule has 2 aliphatic rings. The molecule has 122 valence electrons. The number of rotatable bonds is 2. The number of hydrogen-bond acceptors (Lipinski definition) is 1. The minimum absolute atomic E-state index is 0. The molecule has 1 heterocycles. The van der Waals surface area contributed by atoms with Gasteiger partial charge in [-0.3, -0.25) is 0 Å². The van der Waals surface area contributed by atoms with Crippen molar-refractivity contribution in [2.75, 3.05) is 6.54 Å². The number of halogens is 3. The summed E-state index contributed by atoms with van der Waals surface area (Å²) in [7, 11) is 0. The maximum Gasteiger partial charge on any atom is 0.123 e. The lowest BCUT2D eigenvalue weighted by Gasteiger charge is -2.41. The van der Waals surface area contributed by atoms with Crippen LogP contribution in [0.1, 0.15) is 29.5 Å². The highest BCUT2D eigenvalue weighted by Crippen LogP contribution is 2.46. The Labute approximate surface area is 151 Å². The Bertz CT molecular complexity index is 720. The van der Waals surface area contributed by atoms with Gasteiger partial charge in [0.1, 0.15) is 5.82 Å². The molecule has 2 unspecified atom stereocenters. The second-order valence-corrected chi connectivity index (χ2v) is 7.48. The molecule has 1 saturated heterocycles. The molecule has 1 fully saturated rings. The van der Waals surface area contributed by atoms with Crippen molar-refractivity contribution < 1.29 is 4.39 Å². The third kappa shape index (κ3) is 2.95. The Kier molecular flexibility index (Phi) is 4.82. The minimum atomic E-state index is -0.136. The topological polar surface area (TPSA) is 12.0 Å². The summed E-state index contributed by atoms with van der Waals surface area (Å²) in [5.41, 5.74) is 4.12. The normalized spacial score (nSPS) is 25.4. The molecule has 1 aliphatic heterocycles. The first kappa shape index (κ1) is 16.9. The van der Waals surface area contributed by atoms with E-state index in [9.17, 15) is 4.39 Å². The smallest absolute Gasteiger partial charge is 0.123 e. The van der Waals surface area contributed by atoms with Gasteiger partial charge >= 0.3 is 0 Å². The van der Waals surface area contributed by atoms with Crippen LogP contribution < -0.4 is 5.32 Å². The summed E-state index contributed by atoms with van der Waals surface area (Å²) in [4.78, 5) is 0. The van der Waals surface area contributed by atoms with Crippen molar-refractivity contribution in [3.8, 4) is 0 Å². The van der Waals surface area contributed by atoms with Crippen LogP contribution in [0.2, 0.25) is 0 Å². The van der Waals surface area contributed by atoms with Gasteiger partial charge < -0.3 is 5.32 Å². The van der Waals surface area contributed by atoms with Crippen LogP contribution in [-0.2, 0) is 18.3 Å². The maximum atomic E-state index is 13.6. The molecule has 23 heavy (non-hydrogen) atoms. The van der Waals surface area contributed by atoms with Gasteiger partial charge in [-0.05, 0) is 73.2 Å². The molecule has 0 aromatic heterocycles. The van der Waals surface area contributed by atoms with Gasteiger partial charge in [-0.1, -0.05) is 34.1 Å². The summed E-state index contributed by atoms with van der Waals surface area (Å²) < 4.78 is 14.7. The van der Waals surface area contributed by atoms with Gasteiger partial charge in [0.25, 0.3) is 0 Å². The third-order valence-electron chi connectivity index (χ3n) is 5.34. The van der Waals surface area contributed by atoms with E-state index in [4.69, 9.17) is 0 Å². The first-order chi connectivity index (χ1) is 10.7. The Morgan fingerprint density at radius 1 is 1.22 bits per heavy atom. The molecule has 2 atom stereocenters. The Hall–Kier alpha value is -0.900. The van der Waals surface area contributed by atoms with Crippen molar-refractivity contribution in [3.63, 3.8) is 0 Å². The van der Waals surface area contributed by atoms with Crippen molar-refractivity contribution >= 4 is 28.3 Å². The Morgan fingerprint density at radius 2 is 2.09 bits per heavy atom. The number of hydrogen-bond donors (Lipinski definition) is 1. The number of benzene rings is 2. The standard InChI is InChI=1S/C19H19BrFN.ClH/c20-15-5-6-17-14(11-15)4-7-18-19(17,8-9-22-18)12-13-2-1-3-16(21)10-13;/h1-3,5-6,10-11,18,22H,4,7-9,12H2;1H. The second kappa shape index (κ2) is 6.54. The average Bonchev–Trinajstić information content (AvgIpc) is 2.90. The van der Waals surface area contributed by atoms with Crippen molar-refractivity contribution in [3.05, 3.63) is 69.4 Å². The fraction of sp³-hybridized carbons (Fsp3) is 0.368. The minimum Gasteiger partial charge on any atom is -0.313 e. The Morgan fingerprint density at radius 3 is 2.91 bits per heavy atom. The fourth-order valence-corrected chi connectivity index (χ4v) is 4.82. The summed E-state index contributed by atoms with van der Waals surface area (Å²) in [6, 6.07) is 14.3. The summed E-state index contributed by atoms with van der Waals surface area (Å²) >= 11 is 3.59. The lowest BCUT2D eigenvalue weighted by molar-refractivity contribution is 0.326. The molecular weight excluding hydrogens is 377 g/mol. The van der Waals surface area contributed by atoms with Crippen LogP contribution in [0.15, 0.2) is 46.9 Å². The molecule has 0 radical (unpaired) electrons. The lowest BCUT2D eigenvalue weighted by Crippen LogP contribution is -2.45. The predicted molar refractivity (Wildman–Crippen MR) is 97.9 cm³/mol. The van der Waals surface area contributed by atoms with Gasteiger partial charge in [-0.2, -0.15) is 0 Å². The SMILES string of the molecule is Cl.Fc1cccc(CC23CCNC2CCc2cc(Br)ccc23)c1. The molecule has 0 spiro atoms. The van der Waals surface area contributed by atoms with Crippen LogP contribution in [0.25, 0.3) is 0 Å². The second-order valence-electron chi connectivity index (χ2n) is 6.56. The third-order valence-corrected chi connectivity index (χ3v) is 5.84. The molecule has 2 aromatic carbocycles. The molecule has 4 heteroatoms. The molecule has 1 nitrogen and oxygen atoms in total. The van der Waals surface area contributed by atoms with E-state index in [2.05, 4.69) is 45.5 Å². The average molecular weight is 397 g/mol. The summed E-state index contributed by atoms with van der Waals surface area (Å²) in [5, 5.41) is 3.68. The highest BCUT2D eigenvalue weighted by atomic mass is 79.9. The zero-order chi connectivity index (χ0) is 15.2. The molecular formula is C19H20BrClFN. The zero-order valence-corrected chi connectivity index (χ0v) is 15.2. The van der Waals surface area contributed by atoms with Crippen molar-refractivity contribution in [1.29, 1.82) is 0 Å². The van der Waals surface area contributed by atoms with E-state index in [1.165, 1.54) is 23.6 Å². The van der Waals surface area contributed by atoms with E-state index in [1.807, 2.05) is 6.07 Å². The molecule has 1 aliphatic carbocycles. The first-order valence-corrected chi connectivity index (χ1v) is 8.73. The van der Waals surface area contributed by atoms with Gasteiger partial charge in [-0.25, -0.2) is 4.39 Å². The van der Waals surface area contributed by atoms with Crippen LogP contribution in [0, 0.1) is 5.82 Å². The van der Waals surface area contributed by atoms with Crippen LogP contribution in [0.4, 0.5) is 4.39 Å². The molecule has 4 rings (SSSR count). The summed E-state index contributed by atoms with van der Waals surface area (Å²) in [6.07, 6.45) is 4.33. The number of fused-ring (bicyclic) bond motifs is 3. The highest BCUT2D eigenvalue weighted by molar-refractivity contribution is 9.10. The van der Waals surface area contributed by atoms with E-state index in [0.29, 0.717) is 6.04 Å². The molecule has 0 bridgehead atoms. The van der Waals surface area contributed by atoms with Crippen molar-refractivity contribution in [1.82, 2.24) is 5.32 Å². The van der Waals surface area contributed by atoms with Crippen LogP contribution in [0.3, 0.4) is 0 Å². The van der Waals surface area contributed by atoms with Gasteiger partial charge in [0.05, 0.1) is 0 Å². The van der Waals surface area contributed by atoms with Crippen LogP contribution in [0.5, 0.6) is 0 Å². The van der Waals surface area contributed by atoms with E-state index in [0.717, 1.165) is 35.8 Å². The van der Waals surface area contributed by atoms with E-state index in [1.54, 1.807) is 6.07 Å². The molecule has 0 saturated carbocycles. The van der Waals surface area contributed by atoms with E-state index in [-0.39, 0.29) is 23.6 Å². The predicted octanol–water partition coefficient (Wildman–Crippen LogP) is 4.80. The number of aryl methyl sites for hydroxylation is 1. The van der Waals surface area contributed by atoms with Gasteiger partial charge in [-0.15, -0.1) is 12.4 Å². The van der Waals surface area contributed by atoms with Gasteiger partial charge in [0.15, 0.2) is 0 Å².